The highest BCUT2D eigenvalue weighted by Gasteiger charge is 2.02. The van der Waals surface area contributed by atoms with Gasteiger partial charge in [-0.3, -0.25) is 4.79 Å². The fourth-order valence-corrected chi connectivity index (χ4v) is 3.37. The Kier molecular flexibility index (Phi) is 4.35. The predicted octanol–water partition coefficient (Wildman–Crippen LogP) is 4.19. The van der Waals surface area contributed by atoms with Crippen molar-refractivity contribution in [3.63, 3.8) is 0 Å². The minimum absolute atomic E-state index is 0.751. The molecule has 0 saturated carbocycles. The number of benzene rings is 1. The molecule has 0 aliphatic heterocycles. The highest BCUT2D eigenvalue weighted by molar-refractivity contribution is 9.11. The molecule has 0 heterocycles. The van der Waals surface area contributed by atoms with Crippen molar-refractivity contribution in [3.05, 3.63) is 37.2 Å². The first kappa shape index (κ1) is 11.1. The molecule has 0 spiro atoms. The van der Waals surface area contributed by atoms with Gasteiger partial charge in [-0.25, -0.2) is 0 Å². The van der Waals surface area contributed by atoms with E-state index >= 15 is 0 Å². The van der Waals surface area contributed by atoms with E-state index in [0.29, 0.717) is 0 Å². The molecule has 0 amide bonds. The van der Waals surface area contributed by atoms with E-state index in [1.165, 1.54) is 6.08 Å². The quantitative estimate of drug-likeness (QED) is 0.565. The fraction of sp³-hybridized carbons (Fsp3) is 0. The molecule has 1 aromatic carbocycles. The first-order valence-electron chi connectivity index (χ1n) is 3.41. The number of carbonyl (C=O) groups excluding carboxylic acids is 1. The lowest BCUT2D eigenvalue weighted by atomic mass is 10.2. The van der Waals surface area contributed by atoms with Crippen LogP contribution in [0.25, 0.3) is 6.08 Å². The number of hydrogen-bond acceptors (Lipinski definition) is 1. The summed E-state index contributed by atoms with van der Waals surface area (Å²) in [5, 5.41) is 0. The number of aldehydes is 1. The van der Waals surface area contributed by atoms with Gasteiger partial charge in [0.15, 0.2) is 0 Å². The van der Waals surface area contributed by atoms with E-state index in [4.69, 9.17) is 0 Å². The average Bonchev–Trinajstić information content (AvgIpc) is 2.02. The van der Waals surface area contributed by atoms with Gasteiger partial charge in [-0.1, -0.05) is 47.8 Å². The topological polar surface area (TPSA) is 17.1 Å². The summed E-state index contributed by atoms with van der Waals surface area (Å²) in [6.45, 7) is 0. The monoisotopic (exact) mass is 366 g/mol. The van der Waals surface area contributed by atoms with Crippen LogP contribution in [0.3, 0.4) is 0 Å². The van der Waals surface area contributed by atoms with E-state index in [9.17, 15) is 4.79 Å². The summed E-state index contributed by atoms with van der Waals surface area (Å²) in [4.78, 5) is 10.1. The van der Waals surface area contributed by atoms with Gasteiger partial charge in [0, 0.05) is 19.0 Å². The van der Waals surface area contributed by atoms with Gasteiger partial charge >= 0.3 is 0 Å². The number of carbonyl (C=O) groups is 1. The van der Waals surface area contributed by atoms with Crippen molar-refractivity contribution in [3.8, 4) is 0 Å². The molecule has 4 heteroatoms. The van der Waals surface area contributed by atoms with E-state index in [0.717, 1.165) is 25.3 Å². The van der Waals surface area contributed by atoms with E-state index < -0.39 is 0 Å². The van der Waals surface area contributed by atoms with E-state index in [2.05, 4.69) is 47.8 Å². The summed E-state index contributed by atoms with van der Waals surface area (Å²) >= 11 is 10.2. The molecular formula is C9H5Br3O. The van der Waals surface area contributed by atoms with Gasteiger partial charge in [0.2, 0.25) is 0 Å². The van der Waals surface area contributed by atoms with Crippen molar-refractivity contribution in [1.29, 1.82) is 0 Å². The standard InChI is InChI=1S/C9H5Br3O/c10-6-4-8(11)7(2-1-3-13)9(12)5-6/h1-5H. The minimum Gasteiger partial charge on any atom is -0.299 e. The lowest BCUT2D eigenvalue weighted by Gasteiger charge is -2.02. The Morgan fingerprint density at radius 3 is 2.08 bits per heavy atom. The fourth-order valence-electron chi connectivity index (χ4n) is 0.848. The zero-order valence-electron chi connectivity index (χ0n) is 6.43. The van der Waals surface area contributed by atoms with Crippen LogP contribution in [-0.4, -0.2) is 6.29 Å². The van der Waals surface area contributed by atoms with Gasteiger partial charge in [0.25, 0.3) is 0 Å². The molecule has 0 bridgehead atoms. The van der Waals surface area contributed by atoms with Crippen molar-refractivity contribution < 1.29 is 4.79 Å². The summed E-state index contributed by atoms with van der Waals surface area (Å²) in [5.74, 6) is 0. The van der Waals surface area contributed by atoms with Crippen LogP contribution in [0.4, 0.5) is 0 Å². The van der Waals surface area contributed by atoms with Gasteiger partial charge in [-0.2, -0.15) is 0 Å². The Morgan fingerprint density at radius 1 is 1.08 bits per heavy atom. The van der Waals surface area contributed by atoms with Crippen LogP contribution in [0, 0.1) is 0 Å². The zero-order valence-corrected chi connectivity index (χ0v) is 11.2. The second-order valence-electron chi connectivity index (χ2n) is 2.28. The maximum absolute atomic E-state index is 10.1. The normalized spacial score (nSPS) is 10.7. The third kappa shape index (κ3) is 3.04. The van der Waals surface area contributed by atoms with Gasteiger partial charge in [-0.15, -0.1) is 0 Å². The second-order valence-corrected chi connectivity index (χ2v) is 4.90. The number of halogens is 3. The number of allylic oxidation sites excluding steroid dienone is 1. The average molecular weight is 369 g/mol. The van der Waals surface area contributed by atoms with E-state index in [1.807, 2.05) is 12.1 Å². The molecule has 0 aliphatic rings. The molecule has 0 atom stereocenters. The number of rotatable bonds is 2. The van der Waals surface area contributed by atoms with Crippen LogP contribution >= 0.6 is 47.8 Å². The largest absolute Gasteiger partial charge is 0.299 e. The maximum Gasteiger partial charge on any atom is 0.142 e. The first-order valence-corrected chi connectivity index (χ1v) is 5.79. The summed E-state index contributed by atoms with van der Waals surface area (Å²) in [6, 6.07) is 3.85. The van der Waals surface area contributed by atoms with Gasteiger partial charge in [0.05, 0.1) is 0 Å². The summed E-state index contributed by atoms with van der Waals surface area (Å²) in [6.07, 6.45) is 3.95. The molecule has 0 N–H and O–H groups in total. The van der Waals surface area contributed by atoms with Crippen molar-refractivity contribution in [2.24, 2.45) is 0 Å². The highest BCUT2D eigenvalue weighted by atomic mass is 79.9. The lowest BCUT2D eigenvalue weighted by Crippen LogP contribution is -1.79. The highest BCUT2D eigenvalue weighted by Crippen LogP contribution is 2.30. The maximum atomic E-state index is 10.1. The minimum atomic E-state index is 0.751. The first-order chi connectivity index (χ1) is 6.15. The van der Waals surface area contributed by atoms with Crippen LogP contribution in [-0.2, 0) is 4.79 Å². The van der Waals surface area contributed by atoms with Crippen LogP contribution in [0.2, 0.25) is 0 Å². The Bertz CT molecular complexity index is 335. The van der Waals surface area contributed by atoms with Crippen molar-refractivity contribution in [1.82, 2.24) is 0 Å². The van der Waals surface area contributed by atoms with Crippen LogP contribution in [0.5, 0.6) is 0 Å². The molecular weight excluding hydrogens is 364 g/mol. The SMILES string of the molecule is O=CC=Cc1c(Br)cc(Br)cc1Br. The molecule has 1 rings (SSSR count). The van der Waals surface area contributed by atoms with Crippen molar-refractivity contribution >= 4 is 60.2 Å². The molecule has 0 saturated heterocycles. The molecule has 1 aromatic rings. The zero-order chi connectivity index (χ0) is 9.84. The molecule has 0 unspecified atom stereocenters. The number of hydrogen-bond donors (Lipinski definition) is 0. The third-order valence-electron chi connectivity index (χ3n) is 1.39. The Balaban J connectivity index is 3.20. The van der Waals surface area contributed by atoms with Gasteiger partial charge < -0.3 is 0 Å². The molecule has 0 aliphatic carbocycles. The molecule has 0 fully saturated rings. The van der Waals surface area contributed by atoms with Gasteiger partial charge in [-0.05, 0) is 24.3 Å². The van der Waals surface area contributed by atoms with E-state index in [-0.39, 0.29) is 0 Å². The molecule has 1 nitrogen and oxygen atoms in total. The second kappa shape index (κ2) is 5.08. The molecule has 0 radical (unpaired) electrons. The molecule has 68 valence electrons. The lowest BCUT2D eigenvalue weighted by molar-refractivity contribution is -0.104. The summed E-state index contributed by atoms with van der Waals surface area (Å²) in [5.41, 5.74) is 0.954. The predicted molar refractivity (Wildman–Crippen MR) is 64.6 cm³/mol. The third-order valence-corrected chi connectivity index (χ3v) is 3.16. The Hall–Kier alpha value is 0.0700. The van der Waals surface area contributed by atoms with Crippen LogP contribution in [0.15, 0.2) is 31.6 Å². The Labute approximate surface area is 102 Å². The van der Waals surface area contributed by atoms with Crippen molar-refractivity contribution in [2.75, 3.05) is 0 Å². The molecule has 13 heavy (non-hydrogen) atoms. The van der Waals surface area contributed by atoms with Crippen molar-refractivity contribution in [2.45, 2.75) is 0 Å². The smallest absolute Gasteiger partial charge is 0.142 e. The molecule has 0 aromatic heterocycles. The van der Waals surface area contributed by atoms with Crippen LogP contribution in [0.1, 0.15) is 5.56 Å². The summed E-state index contributed by atoms with van der Waals surface area (Å²) < 4.78 is 2.85. The van der Waals surface area contributed by atoms with Gasteiger partial charge in [0.1, 0.15) is 6.29 Å². The Morgan fingerprint density at radius 2 is 1.62 bits per heavy atom. The summed E-state index contributed by atoms with van der Waals surface area (Å²) in [7, 11) is 0. The van der Waals surface area contributed by atoms with E-state index in [1.54, 1.807) is 6.08 Å². The van der Waals surface area contributed by atoms with Crippen LogP contribution < -0.4 is 0 Å².